The summed E-state index contributed by atoms with van der Waals surface area (Å²) in [6.45, 7) is 0. The van der Waals surface area contributed by atoms with E-state index in [1.165, 1.54) is 0 Å². The van der Waals surface area contributed by atoms with Gasteiger partial charge in [0.1, 0.15) is 0 Å². The van der Waals surface area contributed by atoms with Gasteiger partial charge >= 0.3 is 0 Å². The van der Waals surface area contributed by atoms with Crippen LogP contribution in [0.5, 0.6) is 0 Å². The molecule has 2 aromatic rings. The van der Waals surface area contributed by atoms with E-state index in [0.29, 0.717) is 11.6 Å². The third-order valence-corrected chi connectivity index (χ3v) is 3.09. The van der Waals surface area contributed by atoms with E-state index in [4.69, 9.17) is 11.6 Å². The minimum absolute atomic E-state index is 0.667. The summed E-state index contributed by atoms with van der Waals surface area (Å²) >= 11 is 7.57. The Labute approximate surface area is 90.1 Å². The van der Waals surface area contributed by atoms with Gasteiger partial charge in [-0.05, 0) is 12.1 Å². The smallest absolute Gasteiger partial charge is 0.177 e. The molecule has 4 nitrogen and oxygen atoms in total. The number of nitrogens with one attached hydrogen (secondary N) is 1. The summed E-state index contributed by atoms with van der Waals surface area (Å²) in [6.07, 6.45) is 0. The second-order valence-corrected chi connectivity index (χ2v) is 3.97. The predicted molar refractivity (Wildman–Crippen MR) is 55.2 cm³/mol. The molecule has 0 aliphatic rings. The third kappa shape index (κ3) is 2.24. The molecule has 0 aliphatic carbocycles. The van der Waals surface area contributed by atoms with Crippen molar-refractivity contribution in [2.45, 2.75) is 10.6 Å². The van der Waals surface area contributed by atoms with Gasteiger partial charge in [0, 0.05) is 4.90 Å². The van der Waals surface area contributed by atoms with Gasteiger partial charge in [-0.15, -0.1) is 22.0 Å². The molecular weight excluding hydrogens is 220 g/mol. The fourth-order valence-corrected chi connectivity index (χ4v) is 2.03. The van der Waals surface area contributed by atoms with Gasteiger partial charge in [-0.3, -0.25) is 0 Å². The highest BCUT2D eigenvalue weighted by atomic mass is 35.5. The summed E-state index contributed by atoms with van der Waals surface area (Å²) < 4.78 is 0. The van der Waals surface area contributed by atoms with Crippen LogP contribution in [0.25, 0.3) is 0 Å². The minimum Gasteiger partial charge on any atom is -0.177 e. The number of hydrogen-bond acceptors (Lipinski definition) is 4. The zero-order valence-electron chi connectivity index (χ0n) is 7.14. The highest BCUT2D eigenvalue weighted by Gasteiger charge is 2.02. The Balaban J connectivity index is 2.02. The zero-order chi connectivity index (χ0) is 9.80. The first-order valence-corrected chi connectivity index (χ1v) is 5.32. The van der Waals surface area contributed by atoms with E-state index >= 15 is 0 Å². The zero-order valence-corrected chi connectivity index (χ0v) is 8.72. The van der Waals surface area contributed by atoms with Gasteiger partial charge in [-0.1, -0.05) is 28.9 Å². The molecule has 1 heterocycles. The van der Waals surface area contributed by atoms with E-state index in [1.54, 1.807) is 11.8 Å². The van der Waals surface area contributed by atoms with Crippen LogP contribution in [0.1, 0.15) is 5.82 Å². The molecule has 0 fully saturated rings. The summed E-state index contributed by atoms with van der Waals surface area (Å²) in [5, 5.41) is 14.3. The number of aromatic nitrogens is 4. The molecule has 0 unspecified atom stereocenters. The van der Waals surface area contributed by atoms with Crippen molar-refractivity contribution in [1.82, 2.24) is 20.6 Å². The number of H-pyrrole nitrogens is 1. The van der Waals surface area contributed by atoms with Crippen molar-refractivity contribution >= 4 is 23.4 Å². The maximum atomic E-state index is 5.98. The quantitative estimate of drug-likeness (QED) is 0.815. The number of halogens is 1. The largest absolute Gasteiger partial charge is 0.184 e. The Bertz CT molecular complexity index is 403. The SMILES string of the molecule is Clc1ccccc1SCc1nn[nH]n1. The van der Waals surface area contributed by atoms with Crippen LogP contribution < -0.4 is 0 Å². The molecular formula is C8H7ClN4S. The molecule has 14 heavy (non-hydrogen) atoms. The lowest BCUT2D eigenvalue weighted by molar-refractivity contribution is 0.881. The summed E-state index contributed by atoms with van der Waals surface area (Å²) in [5.74, 6) is 1.34. The van der Waals surface area contributed by atoms with Gasteiger partial charge in [0.05, 0.1) is 10.8 Å². The van der Waals surface area contributed by atoms with E-state index in [0.717, 1.165) is 9.92 Å². The van der Waals surface area contributed by atoms with Crippen LogP contribution in [0.3, 0.4) is 0 Å². The Kier molecular flexibility index (Phi) is 3.00. The Morgan fingerprint density at radius 1 is 1.36 bits per heavy atom. The maximum absolute atomic E-state index is 5.98. The number of nitrogens with zero attached hydrogens (tertiary/aromatic N) is 3. The van der Waals surface area contributed by atoms with Crippen molar-refractivity contribution in [2.75, 3.05) is 0 Å². The lowest BCUT2D eigenvalue weighted by atomic mass is 10.4. The molecule has 0 spiro atoms. The van der Waals surface area contributed by atoms with Crippen LogP contribution in [-0.2, 0) is 5.75 Å². The summed E-state index contributed by atoms with van der Waals surface area (Å²) in [5.41, 5.74) is 0. The number of rotatable bonds is 3. The van der Waals surface area contributed by atoms with Crippen LogP contribution in [0.4, 0.5) is 0 Å². The van der Waals surface area contributed by atoms with E-state index in [2.05, 4.69) is 20.6 Å². The van der Waals surface area contributed by atoms with Crippen molar-refractivity contribution < 1.29 is 0 Å². The van der Waals surface area contributed by atoms with Crippen molar-refractivity contribution in [3.05, 3.63) is 35.1 Å². The molecule has 2 rings (SSSR count). The summed E-state index contributed by atoms with van der Waals surface area (Å²) in [4.78, 5) is 1.03. The van der Waals surface area contributed by atoms with Crippen molar-refractivity contribution in [1.29, 1.82) is 0 Å². The fourth-order valence-electron chi connectivity index (χ4n) is 0.948. The fraction of sp³-hybridized carbons (Fsp3) is 0.125. The normalized spacial score (nSPS) is 10.4. The lowest BCUT2D eigenvalue weighted by Crippen LogP contribution is -1.84. The molecule has 0 radical (unpaired) electrons. The Hall–Kier alpha value is -1.07. The maximum Gasteiger partial charge on any atom is 0.184 e. The van der Waals surface area contributed by atoms with Gasteiger partial charge in [-0.25, -0.2) is 0 Å². The van der Waals surface area contributed by atoms with Crippen LogP contribution in [0.2, 0.25) is 5.02 Å². The average molecular weight is 227 g/mol. The molecule has 1 aromatic heterocycles. The van der Waals surface area contributed by atoms with Crippen molar-refractivity contribution in [3.63, 3.8) is 0 Å². The third-order valence-electron chi connectivity index (χ3n) is 1.58. The minimum atomic E-state index is 0.667. The van der Waals surface area contributed by atoms with Gasteiger partial charge in [0.25, 0.3) is 0 Å². The van der Waals surface area contributed by atoms with Gasteiger partial charge in [0.2, 0.25) is 0 Å². The molecule has 0 amide bonds. The first kappa shape index (κ1) is 9.48. The molecule has 1 aromatic carbocycles. The number of aromatic amines is 1. The van der Waals surface area contributed by atoms with E-state index in [1.807, 2.05) is 24.3 Å². The summed E-state index contributed by atoms with van der Waals surface area (Å²) in [7, 11) is 0. The first-order chi connectivity index (χ1) is 6.86. The molecule has 72 valence electrons. The predicted octanol–water partition coefficient (Wildman–Crippen LogP) is 2.15. The van der Waals surface area contributed by atoms with Gasteiger partial charge in [0.15, 0.2) is 5.82 Å². The Morgan fingerprint density at radius 2 is 2.21 bits per heavy atom. The van der Waals surface area contributed by atoms with E-state index in [9.17, 15) is 0 Å². The number of hydrogen-bond donors (Lipinski definition) is 1. The Morgan fingerprint density at radius 3 is 2.93 bits per heavy atom. The molecule has 0 bridgehead atoms. The van der Waals surface area contributed by atoms with Crippen molar-refractivity contribution in [3.8, 4) is 0 Å². The second-order valence-electron chi connectivity index (χ2n) is 2.55. The number of benzene rings is 1. The first-order valence-electron chi connectivity index (χ1n) is 3.96. The van der Waals surface area contributed by atoms with Gasteiger partial charge in [-0.2, -0.15) is 5.21 Å². The molecule has 6 heteroatoms. The highest BCUT2D eigenvalue weighted by Crippen LogP contribution is 2.28. The van der Waals surface area contributed by atoms with Gasteiger partial charge < -0.3 is 0 Å². The standard InChI is InChI=1S/C8H7ClN4S/c9-6-3-1-2-4-7(6)14-5-8-10-12-13-11-8/h1-4H,5H2,(H,10,11,12,13). The van der Waals surface area contributed by atoms with Crippen LogP contribution >= 0.6 is 23.4 Å². The number of thioether (sulfide) groups is 1. The van der Waals surface area contributed by atoms with Crippen LogP contribution in [-0.4, -0.2) is 20.6 Å². The monoisotopic (exact) mass is 226 g/mol. The van der Waals surface area contributed by atoms with Crippen LogP contribution in [0.15, 0.2) is 29.2 Å². The molecule has 0 saturated carbocycles. The molecule has 0 aliphatic heterocycles. The van der Waals surface area contributed by atoms with E-state index < -0.39 is 0 Å². The van der Waals surface area contributed by atoms with E-state index in [-0.39, 0.29) is 0 Å². The van der Waals surface area contributed by atoms with Crippen LogP contribution in [0, 0.1) is 0 Å². The topological polar surface area (TPSA) is 54.5 Å². The molecule has 0 atom stereocenters. The summed E-state index contributed by atoms with van der Waals surface area (Å²) in [6, 6.07) is 7.68. The number of tetrazole rings is 1. The molecule has 1 N–H and O–H groups in total. The van der Waals surface area contributed by atoms with Crippen molar-refractivity contribution in [2.24, 2.45) is 0 Å². The highest BCUT2D eigenvalue weighted by molar-refractivity contribution is 7.98. The second kappa shape index (κ2) is 4.43. The average Bonchev–Trinajstić information content (AvgIpc) is 2.69. The lowest BCUT2D eigenvalue weighted by Gasteiger charge is -2.00. The molecule has 0 saturated heterocycles.